The molecule has 0 aromatic carbocycles. The lowest BCUT2D eigenvalue weighted by Gasteiger charge is -2.29. The van der Waals surface area contributed by atoms with Gasteiger partial charge in [-0.2, -0.15) is 0 Å². The van der Waals surface area contributed by atoms with E-state index in [1.165, 1.54) is 19.3 Å². The molecular weight excluding hydrogens is 281 g/mol. The van der Waals surface area contributed by atoms with Crippen LogP contribution in [0.1, 0.15) is 24.8 Å². The molecule has 2 N–H and O–H groups in total. The Bertz CT molecular complexity index is 304. The highest BCUT2D eigenvalue weighted by Gasteiger charge is 2.14. The Morgan fingerprint density at radius 2 is 1.76 bits per heavy atom. The van der Waals surface area contributed by atoms with E-state index in [1.807, 2.05) is 12.3 Å². The van der Waals surface area contributed by atoms with Crippen LogP contribution >= 0.6 is 37.2 Å². The molecule has 1 aromatic rings. The number of nitrogens with zero attached hydrogens (tertiary/aromatic N) is 2. The second-order valence-electron chi connectivity index (χ2n) is 3.74. The van der Waals surface area contributed by atoms with Gasteiger partial charge in [-0.25, -0.2) is 4.98 Å². The smallest absolute Gasteiger partial charge is 0.132 e. The predicted octanol–water partition coefficient (Wildman–Crippen LogP) is 2.80. The van der Waals surface area contributed by atoms with Crippen molar-refractivity contribution in [1.82, 2.24) is 4.98 Å². The normalized spacial score (nSPS) is 14.1. The molecule has 1 aliphatic heterocycles. The van der Waals surface area contributed by atoms with Gasteiger partial charge in [-0.05, 0) is 25.3 Å². The fourth-order valence-corrected chi connectivity index (χ4v) is 1.98. The topological polar surface area (TPSA) is 42.1 Å². The lowest BCUT2D eigenvalue weighted by Crippen LogP contribution is -2.31. The Morgan fingerprint density at radius 3 is 2.35 bits per heavy atom. The van der Waals surface area contributed by atoms with Gasteiger partial charge in [0.2, 0.25) is 0 Å². The van der Waals surface area contributed by atoms with Crippen molar-refractivity contribution in [2.24, 2.45) is 5.73 Å². The molecule has 0 atom stereocenters. The van der Waals surface area contributed by atoms with Crippen LogP contribution < -0.4 is 10.6 Å². The van der Waals surface area contributed by atoms with E-state index < -0.39 is 0 Å². The lowest BCUT2D eigenvalue weighted by molar-refractivity contribution is 0.571. The summed E-state index contributed by atoms with van der Waals surface area (Å²) in [5.41, 5.74) is 6.85. The van der Waals surface area contributed by atoms with Gasteiger partial charge in [0.05, 0.1) is 0 Å². The van der Waals surface area contributed by atoms with Gasteiger partial charge in [0, 0.05) is 31.4 Å². The number of rotatable bonds is 2. The Balaban J connectivity index is 0. The molecule has 2 heterocycles. The zero-order chi connectivity index (χ0) is 9.80. The molecule has 1 fully saturated rings. The molecule has 3 nitrogen and oxygen atoms in total. The van der Waals surface area contributed by atoms with Crippen LogP contribution in [0.5, 0.6) is 0 Å². The number of nitrogens with two attached hydrogens (primary N) is 1. The van der Waals surface area contributed by atoms with Crippen LogP contribution in [-0.4, -0.2) is 18.1 Å². The molecule has 100 valence electrons. The summed E-state index contributed by atoms with van der Waals surface area (Å²) < 4.78 is 0. The van der Waals surface area contributed by atoms with Crippen molar-refractivity contribution in [2.75, 3.05) is 18.0 Å². The zero-order valence-corrected chi connectivity index (χ0v) is 12.1. The maximum atomic E-state index is 5.69. The molecule has 0 radical (unpaired) electrons. The van der Waals surface area contributed by atoms with Crippen molar-refractivity contribution in [3.8, 4) is 0 Å². The van der Waals surface area contributed by atoms with Gasteiger partial charge in [0.1, 0.15) is 5.82 Å². The van der Waals surface area contributed by atoms with Gasteiger partial charge in [-0.15, -0.1) is 37.2 Å². The van der Waals surface area contributed by atoms with Crippen molar-refractivity contribution in [2.45, 2.75) is 25.8 Å². The molecule has 0 saturated carbocycles. The number of halogens is 3. The van der Waals surface area contributed by atoms with Crippen molar-refractivity contribution >= 4 is 43.0 Å². The minimum absolute atomic E-state index is 0. The number of aromatic nitrogens is 1. The molecular formula is C11H20Cl3N3. The Kier molecular flexibility index (Phi) is 11.0. The van der Waals surface area contributed by atoms with Gasteiger partial charge in [-0.3, -0.25) is 0 Å². The molecule has 1 aromatic heterocycles. The lowest BCUT2D eigenvalue weighted by atomic mass is 10.1. The first-order valence-electron chi connectivity index (χ1n) is 5.31. The molecule has 0 spiro atoms. The number of piperidine rings is 1. The SMILES string of the molecule is Cl.Cl.Cl.NCc1cccnc1N1CCCCC1. The highest BCUT2D eigenvalue weighted by atomic mass is 35.5. The first kappa shape index (κ1) is 19.1. The zero-order valence-electron chi connectivity index (χ0n) is 9.67. The third-order valence-electron chi connectivity index (χ3n) is 2.74. The van der Waals surface area contributed by atoms with Crippen molar-refractivity contribution in [3.05, 3.63) is 23.9 Å². The minimum Gasteiger partial charge on any atom is -0.356 e. The van der Waals surface area contributed by atoms with Gasteiger partial charge in [0.15, 0.2) is 0 Å². The number of pyridine rings is 1. The highest BCUT2D eigenvalue weighted by Crippen LogP contribution is 2.20. The second-order valence-corrected chi connectivity index (χ2v) is 3.74. The standard InChI is InChI=1S/C11H17N3.3ClH/c12-9-10-5-4-6-13-11(10)14-7-2-1-3-8-14;;;/h4-6H,1-3,7-9,12H2;3*1H. The second kappa shape index (κ2) is 9.77. The van der Waals surface area contributed by atoms with E-state index in [-0.39, 0.29) is 37.2 Å². The van der Waals surface area contributed by atoms with Crippen molar-refractivity contribution in [1.29, 1.82) is 0 Å². The quantitative estimate of drug-likeness (QED) is 0.913. The number of anilines is 1. The van der Waals surface area contributed by atoms with Gasteiger partial charge in [0.25, 0.3) is 0 Å². The largest absolute Gasteiger partial charge is 0.356 e. The summed E-state index contributed by atoms with van der Waals surface area (Å²) in [5, 5.41) is 0. The van der Waals surface area contributed by atoms with Gasteiger partial charge >= 0.3 is 0 Å². The van der Waals surface area contributed by atoms with Crippen LogP contribution in [0.15, 0.2) is 18.3 Å². The molecule has 6 heteroatoms. The summed E-state index contributed by atoms with van der Waals surface area (Å²) in [4.78, 5) is 6.77. The monoisotopic (exact) mass is 299 g/mol. The maximum Gasteiger partial charge on any atom is 0.132 e. The van der Waals surface area contributed by atoms with E-state index in [0.29, 0.717) is 6.54 Å². The third-order valence-corrected chi connectivity index (χ3v) is 2.74. The van der Waals surface area contributed by atoms with E-state index in [4.69, 9.17) is 5.73 Å². The Morgan fingerprint density at radius 1 is 1.12 bits per heavy atom. The summed E-state index contributed by atoms with van der Waals surface area (Å²) in [7, 11) is 0. The van der Waals surface area contributed by atoms with Crippen LogP contribution in [0.4, 0.5) is 5.82 Å². The van der Waals surface area contributed by atoms with E-state index in [1.54, 1.807) is 0 Å². The number of hydrogen-bond donors (Lipinski definition) is 1. The molecule has 1 saturated heterocycles. The van der Waals surface area contributed by atoms with E-state index in [0.717, 1.165) is 24.5 Å². The summed E-state index contributed by atoms with van der Waals surface area (Å²) in [6, 6.07) is 4.02. The highest BCUT2D eigenvalue weighted by molar-refractivity contribution is 5.86. The van der Waals surface area contributed by atoms with Gasteiger partial charge in [-0.1, -0.05) is 6.07 Å². The third kappa shape index (κ3) is 4.88. The summed E-state index contributed by atoms with van der Waals surface area (Å²) in [5.74, 6) is 1.09. The summed E-state index contributed by atoms with van der Waals surface area (Å²) >= 11 is 0. The predicted molar refractivity (Wildman–Crippen MR) is 79.9 cm³/mol. The minimum atomic E-state index is 0. The fourth-order valence-electron chi connectivity index (χ4n) is 1.98. The average Bonchev–Trinajstić information content (AvgIpc) is 2.30. The molecule has 1 aliphatic rings. The molecule has 17 heavy (non-hydrogen) atoms. The van der Waals surface area contributed by atoms with Crippen LogP contribution in [0.3, 0.4) is 0 Å². The number of hydrogen-bond acceptors (Lipinski definition) is 3. The van der Waals surface area contributed by atoms with Crippen LogP contribution in [0.2, 0.25) is 0 Å². The molecule has 2 rings (SSSR count). The Hall–Kier alpha value is -0.220. The van der Waals surface area contributed by atoms with Crippen LogP contribution in [-0.2, 0) is 6.54 Å². The Labute approximate surface area is 121 Å². The molecule has 0 amide bonds. The van der Waals surface area contributed by atoms with Crippen LogP contribution in [0.25, 0.3) is 0 Å². The molecule has 0 bridgehead atoms. The first-order valence-corrected chi connectivity index (χ1v) is 5.31. The average molecular weight is 301 g/mol. The summed E-state index contributed by atoms with van der Waals surface area (Å²) in [6.45, 7) is 2.84. The molecule has 0 unspecified atom stereocenters. The maximum absolute atomic E-state index is 5.69. The van der Waals surface area contributed by atoms with E-state index in [2.05, 4.69) is 16.0 Å². The van der Waals surface area contributed by atoms with E-state index >= 15 is 0 Å². The molecule has 0 aliphatic carbocycles. The summed E-state index contributed by atoms with van der Waals surface area (Å²) in [6.07, 6.45) is 5.76. The van der Waals surface area contributed by atoms with Crippen molar-refractivity contribution < 1.29 is 0 Å². The van der Waals surface area contributed by atoms with Crippen LogP contribution in [0, 0.1) is 0 Å². The van der Waals surface area contributed by atoms with Crippen molar-refractivity contribution in [3.63, 3.8) is 0 Å². The van der Waals surface area contributed by atoms with E-state index in [9.17, 15) is 0 Å². The fraction of sp³-hybridized carbons (Fsp3) is 0.545. The van der Waals surface area contributed by atoms with Gasteiger partial charge < -0.3 is 10.6 Å². The first-order chi connectivity index (χ1) is 6.92.